The zero-order valence-electron chi connectivity index (χ0n) is 15.6. The molecule has 2 heterocycles. The number of anilines is 1. The predicted molar refractivity (Wildman–Crippen MR) is 105 cm³/mol. The lowest BCUT2D eigenvalue weighted by atomic mass is 9.96. The van der Waals surface area contributed by atoms with Gasteiger partial charge < -0.3 is 15.5 Å². The van der Waals surface area contributed by atoms with Gasteiger partial charge in [0.1, 0.15) is 0 Å². The average molecular weight is 366 g/mol. The maximum Gasteiger partial charge on any atom is 0.253 e. The number of amides is 2. The van der Waals surface area contributed by atoms with Gasteiger partial charge >= 0.3 is 0 Å². The number of piperidine rings is 1. The molecule has 6 heteroatoms. The number of aromatic nitrogens is 1. The first-order valence-electron chi connectivity index (χ1n) is 9.48. The zero-order valence-corrected chi connectivity index (χ0v) is 15.6. The highest BCUT2D eigenvalue weighted by Crippen LogP contribution is 2.22. The molecule has 1 fully saturated rings. The summed E-state index contributed by atoms with van der Waals surface area (Å²) in [5.74, 6) is -0.259. The Kier molecular flexibility index (Phi) is 6.54. The third-order valence-electron chi connectivity index (χ3n) is 4.85. The number of carbonyl (C=O) groups is 2. The van der Waals surface area contributed by atoms with Crippen molar-refractivity contribution in [2.75, 3.05) is 25.0 Å². The third kappa shape index (κ3) is 4.92. The summed E-state index contributed by atoms with van der Waals surface area (Å²) < 4.78 is 0. The number of pyridine rings is 1. The number of likely N-dealkylation sites (tertiary alicyclic amines) is 1. The maximum atomic E-state index is 12.8. The Hall–Kier alpha value is -2.73. The second-order valence-corrected chi connectivity index (χ2v) is 6.75. The van der Waals surface area contributed by atoms with Crippen LogP contribution in [0, 0.1) is 5.92 Å². The van der Waals surface area contributed by atoms with Gasteiger partial charge in [0.2, 0.25) is 5.91 Å². The SMILES string of the molecule is CCNCc1ccccc1NC(=O)C1CCCN(C(=O)c2ccncc2)C1. The molecule has 1 aromatic carbocycles. The Bertz CT molecular complexity index is 779. The minimum absolute atomic E-state index is 0.0221. The molecule has 1 atom stereocenters. The van der Waals surface area contributed by atoms with E-state index in [2.05, 4.69) is 22.5 Å². The van der Waals surface area contributed by atoms with Crippen LogP contribution in [0.25, 0.3) is 0 Å². The molecule has 1 aromatic heterocycles. The van der Waals surface area contributed by atoms with E-state index < -0.39 is 0 Å². The fourth-order valence-corrected chi connectivity index (χ4v) is 3.34. The van der Waals surface area contributed by atoms with Crippen molar-refractivity contribution in [2.45, 2.75) is 26.3 Å². The first-order chi connectivity index (χ1) is 13.2. The summed E-state index contributed by atoms with van der Waals surface area (Å²) in [7, 11) is 0. The molecule has 2 N–H and O–H groups in total. The van der Waals surface area contributed by atoms with E-state index in [1.807, 2.05) is 24.3 Å². The molecule has 142 valence electrons. The lowest BCUT2D eigenvalue weighted by Crippen LogP contribution is -2.43. The molecule has 1 saturated heterocycles. The Labute approximate surface area is 160 Å². The van der Waals surface area contributed by atoms with Crippen molar-refractivity contribution >= 4 is 17.5 Å². The second-order valence-electron chi connectivity index (χ2n) is 6.75. The molecule has 0 radical (unpaired) electrons. The normalized spacial score (nSPS) is 16.8. The van der Waals surface area contributed by atoms with Crippen LogP contribution in [-0.2, 0) is 11.3 Å². The van der Waals surface area contributed by atoms with Crippen molar-refractivity contribution in [3.8, 4) is 0 Å². The molecular weight excluding hydrogens is 340 g/mol. The van der Waals surface area contributed by atoms with Crippen LogP contribution in [0.1, 0.15) is 35.7 Å². The van der Waals surface area contributed by atoms with Gasteiger partial charge in [0.05, 0.1) is 5.92 Å². The van der Waals surface area contributed by atoms with Gasteiger partial charge in [-0.15, -0.1) is 0 Å². The topological polar surface area (TPSA) is 74.3 Å². The first-order valence-corrected chi connectivity index (χ1v) is 9.48. The molecule has 2 aromatic rings. The summed E-state index contributed by atoms with van der Waals surface area (Å²) in [6.45, 7) is 4.77. The molecule has 1 unspecified atom stereocenters. The second kappa shape index (κ2) is 9.28. The van der Waals surface area contributed by atoms with Crippen LogP contribution in [0.4, 0.5) is 5.69 Å². The Morgan fingerprint density at radius 1 is 1.19 bits per heavy atom. The van der Waals surface area contributed by atoms with E-state index >= 15 is 0 Å². The number of nitrogens with one attached hydrogen (secondary N) is 2. The van der Waals surface area contributed by atoms with Gasteiger partial charge in [-0.1, -0.05) is 25.1 Å². The summed E-state index contributed by atoms with van der Waals surface area (Å²) >= 11 is 0. The Balaban J connectivity index is 1.64. The van der Waals surface area contributed by atoms with Crippen molar-refractivity contribution in [3.63, 3.8) is 0 Å². The van der Waals surface area contributed by atoms with Gasteiger partial charge in [0, 0.05) is 43.3 Å². The molecule has 1 aliphatic rings. The monoisotopic (exact) mass is 366 g/mol. The van der Waals surface area contributed by atoms with Crippen LogP contribution >= 0.6 is 0 Å². The van der Waals surface area contributed by atoms with Gasteiger partial charge in [-0.3, -0.25) is 14.6 Å². The molecule has 3 rings (SSSR count). The summed E-state index contributed by atoms with van der Waals surface area (Å²) in [5.41, 5.74) is 2.51. The predicted octanol–water partition coefficient (Wildman–Crippen LogP) is 2.68. The zero-order chi connectivity index (χ0) is 19.1. The molecule has 2 amide bonds. The van der Waals surface area contributed by atoms with Crippen molar-refractivity contribution in [1.29, 1.82) is 0 Å². The molecule has 0 spiro atoms. The highest BCUT2D eigenvalue weighted by Gasteiger charge is 2.29. The van der Waals surface area contributed by atoms with Gasteiger partial charge in [0.25, 0.3) is 5.91 Å². The Morgan fingerprint density at radius 3 is 2.74 bits per heavy atom. The molecule has 1 aliphatic heterocycles. The van der Waals surface area contributed by atoms with E-state index in [1.54, 1.807) is 29.4 Å². The number of para-hydroxylation sites is 1. The lowest BCUT2D eigenvalue weighted by molar-refractivity contribution is -0.121. The van der Waals surface area contributed by atoms with Crippen LogP contribution in [0.5, 0.6) is 0 Å². The standard InChI is InChI=1S/C21H26N4O2/c1-2-22-14-17-6-3-4-8-19(17)24-20(26)18-7-5-13-25(15-18)21(27)16-9-11-23-12-10-16/h3-4,6,8-12,18,22H,2,5,7,13-15H2,1H3,(H,24,26). The molecule has 0 aliphatic carbocycles. The molecular formula is C21H26N4O2. The van der Waals surface area contributed by atoms with Crippen LogP contribution in [0.2, 0.25) is 0 Å². The van der Waals surface area contributed by atoms with Crippen LogP contribution in [0.3, 0.4) is 0 Å². The van der Waals surface area contributed by atoms with Crippen LogP contribution in [-0.4, -0.2) is 41.3 Å². The first kappa shape index (κ1) is 19.0. The average Bonchev–Trinajstić information content (AvgIpc) is 2.73. The largest absolute Gasteiger partial charge is 0.338 e. The maximum absolute atomic E-state index is 12.8. The highest BCUT2D eigenvalue weighted by molar-refractivity contribution is 5.96. The van der Waals surface area contributed by atoms with Gasteiger partial charge in [-0.25, -0.2) is 0 Å². The van der Waals surface area contributed by atoms with Gasteiger partial charge in [0.15, 0.2) is 0 Å². The van der Waals surface area contributed by atoms with E-state index in [9.17, 15) is 9.59 Å². The quantitative estimate of drug-likeness (QED) is 0.824. The Morgan fingerprint density at radius 2 is 1.96 bits per heavy atom. The van der Waals surface area contributed by atoms with Gasteiger partial charge in [-0.2, -0.15) is 0 Å². The number of carbonyl (C=O) groups excluding carboxylic acids is 2. The molecule has 0 saturated carbocycles. The van der Waals surface area contributed by atoms with E-state index in [1.165, 1.54) is 0 Å². The highest BCUT2D eigenvalue weighted by atomic mass is 16.2. The molecule has 0 bridgehead atoms. The molecule has 27 heavy (non-hydrogen) atoms. The summed E-state index contributed by atoms with van der Waals surface area (Å²) in [4.78, 5) is 31.2. The van der Waals surface area contributed by atoms with E-state index in [0.29, 0.717) is 25.2 Å². The summed E-state index contributed by atoms with van der Waals surface area (Å²) in [6, 6.07) is 11.3. The fourth-order valence-electron chi connectivity index (χ4n) is 3.34. The minimum Gasteiger partial charge on any atom is -0.338 e. The number of hydrogen-bond acceptors (Lipinski definition) is 4. The van der Waals surface area contributed by atoms with E-state index in [4.69, 9.17) is 0 Å². The summed E-state index contributed by atoms with van der Waals surface area (Å²) in [6.07, 6.45) is 4.85. The smallest absolute Gasteiger partial charge is 0.253 e. The lowest BCUT2D eigenvalue weighted by Gasteiger charge is -2.32. The molecule has 6 nitrogen and oxygen atoms in total. The van der Waals surface area contributed by atoms with Crippen LogP contribution < -0.4 is 10.6 Å². The van der Waals surface area contributed by atoms with Crippen molar-refractivity contribution in [2.24, 2.45) is 5.92 Å². The number of nitrogens with zero attached hydrogens (tertiary/aromatic N) is 2. The van der Waals surface area contributed by atoms with Crippen LogP contribution in [0.15, 0.2) is 48.8 Å². The number of benzene rings is 1. The minimum atomic E-state index is -0.197. The van der Waals surface area contributed by atoms with Crippen molar-refractivity contribution in [3.05, 3.63) is 59.9 Å². The number of hydrogen-bond donors (Lipinski definition) is 2. The fraction of sp³-hybridized carbons (Fsp3) is 0.381. The summed E-state index contributed by atoms with van der Waals surface area (Å²) in [5, 5.41) is 6.35. The van der Waals surface area contributed by atoms with E-state index in [-0.39, 0.29) is 17.7 Å². The van der Waals surface area contributed by atoms with Crippen molar-refractivity contribution < 1.29 is 9.59 Å². The van der Waals surface area contributed by atoms with E-state index in [0.717, 1.165) is 30.6 Å². The number of rotatable bonds is 6. The van der Waals surface area contributed by atoms with Gasteiger partial charge in [-0.05, 0) is 43.1 Å². The third-order valence-corrected chi connectivity index (χ3v) is 4.85. The van der Waals surface area contributed by atoms with Crippen molar-refractivity contribution in [1.82, 2.24) is 15.2 Å².